The van der Waals surface area contributed by atoms with Crippen LogP contribution in [0.5, 0.6) is 0 Å². The lowest BCUT2D eigenvalue weighted by molar-refractivity contribution is 0.0882. The third-order valence-electron chi connectivity index (χ3n) is 9.81. The van der Waals surface area contributed by atoms with Gasteiger partial charge in [0, 0.05) is 16.5 Å². The van der Waals surface area contributed by atoms with Crippen molar-refractivity contribution < 1.29 is 19.2 Å². The van der Waals surface area contributed by atoms with Crippen LogP contribution < -0.4 is 4.90 Å². The van der Waals surface area contributed by atoms with E-state index in [1.807, 2.05) is 74.4 Å². The highest BCUT2D eigenvalue weighted by Gasteiger charge is 2.44. The number of aryl methyl sites for hydroxylation is 1. The predicted molar refractivity (Wildman–Crippen MR) is 160 cm³/mol. The van der Waals surface area contributed by atoms with Gasteiger partial charge < -0.3 is 0 Å². The number of anilines is 1. The molecule has 1 aromatic heterocycles. The summed E-state index contributed by atoms with van der Waals surface area (Å²) in [4.78, 5) is 61.1. The number of carbonyl (C=O) groups is 4. The van der Waals surface area contributed by atoms with Gasteiger partial charge in [0.15, 0.2) is 11.6 Å². The van der Waals surface area contributed by atoms with Crippen LogP contribution >= 0.6 is 0 Å². The first-order valence-corrected chi connectivity index (χ1v) is 13.9. The van der Waals surface area contributed by atoms with Crippen molar-refractivity contribution in [2.75, 3.05) is 4.90 Å². The number of hydrogen-bond acceptors (Lipinski definition) is 5. The molecule has 2 aliphatic rings. The van der Waals surface area contributed by atoms with Crippen LogP contribution in [0.1, 0.15) is 103 Å². The Labute approximate surface area is 239 Å². The molecule has 6 rings (SSSR count). The minimum Gasteiger partial charge on any atom is -0.293 e. The SMILES string of the molecule is Cc1ccc2nc(C3C(=O)c4c(C)c(C)c(C)c(C)c4C3=O)ccc2c1N1C(=O)c2c(C)c(C)c(C)c(C)c2C1=O. The number of nitrogens with zero attached hydrogens (tertiary/aromatic N) is 2. The molecule has 0 N–H and O–H groups in total. The maximum absolute atomic E-state index is 13.8. The van der Waals surface area contributed by atoms with Crippen LogP contribution in [0, 0.1) is 62.3 Å². The molecule has 0 fully saturated rings. The summed E-state index contributed by atoms with van der Waals surface area (Å²) in [5.41, 5.74) is 11.4. The number of ketones is 2. The molecule has 1 aliphatic carbocycles. The molecule has 0 atom stereocenters. The van der Waals surface area contributed by atoms with Crippen LogP contribution in [-0.2, 0) is 0 Å². The molecule has 6 heteroatoms. The Balaban J connectivity index is 1.49. The van der Waals surface area contributed by atoms with E-state index in [1.54, 1.807) is 12.1 Å². The molecule has 0 unspecified atom stereocenters. The van der Waals surface area contributed by atoms with E-state index in [9.17, 15) is 19.2 Å². The monoisotopic (exact) mass is 544 g/mol. The van der Waals surface area contributed by atoms with E-state index < -0.39 is 5.92 Å². The number of amides is 2. The second-order valence-electron chi connectivity index (χ2n) is 11.6. The fraction of sp³-hybridized carbons (Fsp3) is 0.286. The molecule has 1 aliphatic heterocycles. The van der Waals surface area contributed by atoms with Crippen LogP contribution in [0.3, 0.4) is 0 Å². The van der Waals surface area contributed by atoms with E-state index >= 15 is 0 Å². The quantitative estimate of drug-likeness (QED) is 0.201. The van der Waals surface area contributed by atoms with Gasteiger partial charge in [0.05, 0.1) is 28.0 Å². The van der Waals surface area contributed by atoms with E-state index in [2.05, 4.69) is 0 Å². The Hall–Kier alpha value is -4.45. The fourth-order valence-electron chi connectivity index (χ4n) is 6.74. The molecular formula is C35H32N2O4. The van der Waals surface area contributed by atoms with Crippen molar-refractivity contribution in [2.24, 2.45) is 0 Å². The Morgan fingerprint density at radius 2 is 0.976 bits per heavy atom. The highest BCUT2D eigenvalue weighted by Crippen LogP contribution is 2.42. The van der Waals surface area contributed by atoms with Gasteiger partial charge >= 0.3 is 0 Å². The third-order valence-corrected chi connectivity index (χ3v) is 9.81. The molecule has 2 heterocycles. The number of rotatable bonds is 2. The molecular weight excluding hydrogens is 512 g/mol. The van der Waals surface area contributed by atoms with E-state index in [-0.39, 0.29) is 23.4 Å². The molecule has 206 valence electrons. The predicted octanol–water partition coefficient (Wildman–Crippen LogP) is 6.97. The first-order chi connectivity index (χ1) is 19.3. The van der Waals surface area contributed by atoms with Gasteiger partial charge in [-0.3, -0.25) is 24.2 Å². The first-order valence-electron chi connectivity index (χ1n) is 13.9. The highest BCUT2D eigenvalue weighted by atomic mass is 16.2. The van der Waals surface area contributed by atoms with Crippen molar-refractivity contribution in [3.8, 4) is 0 Å². The van der Waals surface area contributed by atoms with Crippen LogP contribution in [0.2, 0.25) is 0 Å². The lowest BCUT2D eigenvalue weighted by atomic mass is 9.90. The maximum atomic E-state index is 13.8. The Morgan fingerprint density at radius 3 is 1.44 bits per heavy atom. The van der Waals surface area contributed by atoms with E-state index in [0.29, 0.717) is 44.5 Å². The maximum Gasteiger partial charge on any atom is 0.266 e. The van der Waals surface area contributed by atoms with Gasteiger partial charge in [-0.05, 0) is 131 Å². The van der Waals surface area contributed by atoms with Crippen LogP contribution in [0.25, 0.3) is 10.9 Å². The zero-order valence-electron chi connectivity index (χ0n) is 24.9. The Morgan fingerprint density at radius 1 is 0.537 bits per heavy atom. The van der Waals surface area contributed by atoms with Crippen molar-refractivity contribution >= 4 is 40.0 Å². The smallest absolute Gasteiger partial charge is 0.266 e. The second kappa shape index (κ2) is 8.77. The number of imide groups is 1. The number of hydrogen-bond donors (Lipinski definition) is 0. The Kier molecular flexibility index (Phi) is 5.73. The zero-order chi connectivity index (χ0) is 29.8. The van der Waals surface area contributed by atoms with E-state index in [0.717, 1.165) is 50.1 Å². The number of benzene rings is 3. The fourth-order valence-corrected chi connectivity index (χ4v) is 6.74. The van der Waals surface area contributed by atoms with E-state index in [4.69, 9.17) is 4.98 Å². The molecule has 6 nitrogen and oxygen atoms in total. The minimum absolute atomic E-state index is 0.232. The van der Waals surface area contributed by atoms with Gasteiger partial charge in [-0.1, -0.05) is 6.07 Å². The van der Waals surface area contributed by atoms with Crippen LogP contribution in [0.4, 0.5) is 5.69 Å². The van der Waals surface area contributed by atoms with Crippen molar-refractivity contribution in [1.29, 1.82) is 0 Å². The molecule has 0 spiro atoms. The normalized spacial score (nSPS) is 15.0. The minimum atomic E-state index is -1.02. The number of Topliss-reactive ketones (excluding diaryl/α,β-unsaturated/α-hetero) is 2. The number of aromatic nitrogens is 1. The van der Waals surface area contributed by atoms with Crippen molar-refractivity contribution in [1.82, 2.24) is 4.98 Å². The van der Waals surface area contributed by atoms with Gasteiger partial charge in [0.2, 0.25) is 0 Å². The summed E-state index contributed by atoms with van der Waals surface area (Å²) in [5.74, 6) is -2.17. The summed E-state index contributed by atoms with van der Waals surface area (Å²) < 4.78 is 0. The van der Waals surface area contributed by atoms with Gasteiger partial charge in [-0.2, -0.15) is 0 Å². The topological polar surface area (TPSA) is 84.4 Å². The molecule has 2 amide bonds. The summed E-state index contributed by atoms with van der Waals surface area (Å²) in [5, 5.41) is 0.612. The first kappa shape index (κ1) is 26.8. The molecule has 0 bridgehead atoms. The second-order valence-corrected chi connectivity index (χ2v) is 11.6. The molecule has 0 radical (unpaired) electrons. The van der Waals surface area contributed by atoms with Crippen molar-refractivity contribution in [2.45, 2.75) is 68.2 Å². The lowest BCUT2D eigenvalue weighted by Crippen LogP contribution is -2.30. The van der Waals surface area contributed by atoms with E-state index in [1.165, 1.54) is 4.90 Å². The molecule has 0 saturated heterocycles. The number of pyridine rings is 1. The standard InChI is InChI=1S/C35H32N2O4/c1-14-10-12-24-23(31(14)37-34(40)28-21(8)17(4)18(5)22(9)29(28)35(37)41)11-13-25(36-24)30-32(38)26-19(6)15(2)16(3)20(7)27(26)33(30)39/h10-13,30H,1-9H3. The van der Waals surface area contributed by atoms with Gasteiger partial charge in [-0.15, -0.1) is 0 Å². The number of carbonyl (C=O) groups excluding carboxylic acids is 4. The average Bonchev–Trinajstić information content (AvgIpc) is 3.36. The summed E-state index contributed by atoms with van der Waals surface area (Å²) in [7, 11) is 0. The largest absolute Gasteiger partial charge is 0.293 e. The zero-order valence-corrected chi connectivity index (χ0v) is 24.9. The molecule has 4 aromatic rings. The number of fused-ring (bicyclic) bond motifs is 3. The van der Waals surface area contributed by atoms with Crippen molar-refractivity contribution in [3.63, 3.8) is 0 Å². The summed E-state index contributed by atoms with van der Waals surface area (Å²) in [6.07, 6.45) is 0. The van der Waals surface area contributed by atoms with Gasteiger partial charge in [0.25, 0.3) is 11.8 Å². The van der Waals surface area contributed by atoms with Crippen LogP contribution in [-0.4, -0.2) is 28.4 Å². The Bertz CT molecular complexity index is 1870. The summed E-state index contributed by atoms with van der Waals surface area (Å²) in [6, 6.07) is 7.09. The third kappa shape index (κ3) is 3.33. The van der Waals surface area contributed by atoms with Crippen LogP contribution in [0.15, 0.2) is 24.3 Å². The molecule has 41 heavy (non-hydrogen) atoms. The van der Waals surface area contributed by atoms with Gasteiger partial charge in [0.1, 0.15) is 5.92 Å². The lowest BCUT2D eigenvalue weighted by Gasteiger charge is -2.20. The average molecular weight is 545 g/mol. The summed E-state index contributed by atoms with van der Waals surface area (Å²) in [6.45, 7) is 17.3. The molecule has 0 saturated carbocycles. The van der Waals surface area contributed by atoms with Gasteiger partial charge in [-0.25, -0.2) is 4.90 Å². The summed E-state index contributed by atoms with van der Waals surface area (Å²) >= 11 is 0. The molecule has 3 aromatic carbocycles. The highest BCUT2D eigenvalue weighted by molar-refractivity contribution is 6.37. The van der Waals surface area contributed by atoms with Crippen molar-refractivity contribution in [3.05, 3.63) is 102 Å².